The van der Waals surface area contributed by atoms with E-state index < -0.39 is 17.8 Å². The molecule has 3 atom stereocenters. The molecule has 1 amide bonds. The Labute approximate surface area is 108 Å². The van der Waals surface area contributed by atoms with Crippen LogP contribution in [0.2, 0.25) is 0 Å². The molecule has 1 aliphatic heterocycles. The lowest BCUT2D eigenvalue weighted by atomic mass is 9.95. The van der Waals surface area contributed by atoms with E-state index in [2.05, 4.69) is 10.2 Å². The molecule has 1 saturated heterocycles. The second-order valence-corrected chi connectivity index (χ2v) is 5.64. The first-order chi connectivity index (χ1) is 8.49. The molecule has 0 aromatic heterocycles. The van der Waals surface area contributed by atoms with Crippen LogP contribution in [0.25, 0.3) is 0 Å². The van der Waals surface area contributed by atoms with E-state index in [9.17, 15) is 9.59 Å². The van der Waals surface area contributed by atoms with Crippen molar-refractivity contribution in [1.29, 1.82) is 0 Å². The molecule has 102 valence electrons. The molecule has 0 radical (unpaired) electrons. The zero-order chi connectivity index (χ0) is 13.3. The molecule has 0 aromatic rings. The Balaban J connectivity index is 1.78. The molecule has 2 rings (SSSR count). The molecule has 3 unspecified atom stereocenters. The van der Waals surface area contributed by atoms with Gasteiger partial charge < -0.3 is 10.4 Å². The van der Waals surface area contributed by atoms with Crippen LogP contribution in [0.4, 0.5) is 0 Å². The van der Waals surface area contributed by atoms with Gasteiger partial charge >= 0.3 is 5.97 Å². The fraction of sp³-hybridized carbons (Fsp3) is 0.846. The summed E-state index contributed by atoms with van der Waals surface area (Å²) in [5, 5.41) is 11.9. The maximum atomic E-state index is 11.9. The molecule has 18 heavy (non-hydrogen) atoms. The normalized spacial score (nSPS) is 27.8. The van der Waals surface area contributed by atoms with Crippen molar-refractivity contribution in [2.24, 2.45) is 11.8 Å². The van der Waals surface area contributed by atoms with Gasteiger partial charge in [-0.1, -0.05) is 13.8 Å². The molecule has 1 heterocycles. The number of likely N-dealkylation sites (tertiary alicyclic amines) is 1. The minimum atomic E-state index is -0.913. The van der Waals surface area contributed by atoms with E-state index in [0.29, 0.717) is 0 Å². The van der Waals surface area contributed by atoms with Crippen molar-refractivity contribution >= 4 is 11.9 Å². The quantitative estimate of drug-likeness (QED) is 0.757. The molecule has 0 spiro atoms. The summed E-state index contributed by atoms with van der Waals surface area (Å²) in [6.45, 7) is 5.24. The lowest BCUT2D eigenvalue weighted by Crippen LogP contribution is -2.42. The van der Waals surface area contributed by atoms with Crippen LogP contribution in [0.3, 0.4) is 0 Å². The average Bonchev–Trinajstić information content (AvgIpc) is 3.08. The van der Waals surface area contributed by atoms with Crippen molar-refractivity contribution in [3.63, 3.8) is 0 Å². The lowest BCUT2D eigenvalue weighted by molar-refractivity contribution is -0.146. The third kappa shape index (κ3) is 3.02. The number of nitrogens with zero attached hydrogens (tertiary/aromatic N) is 1. The van der Waals surface area contributed by atoms with Crippen LogP contribution < -0.4 is 5.32 Å². The molecule has 5 heteroatoms. The molecule has 1 saturated carbocycles. The molecule has 2 aliphatic rings. The third-order valence-corrected chi connectivity index (χ3v) is 4.18. The molecule has 0 aromatic carbocycles. The Morgan fingerprint density at radius 1 is 1.22 bits per heavy atom. The number of carboxylic acids is 1. The highest BCUT2D eigenvalue weighted by atomic mass is 16.4. The van der Waals surface area contributed by atoms with Gasteiger partial charge in [-0.25, -0.2) is 0 Å². The van der Waals surface area contributed by atoms with Gasteiger partial charge in [-0.15, -0.1) is 0 Å². The highest BCUT2D eigenvalue weighted by Crippen LogP contribution is 2.29. The zero-order valence-corrected chi connectivity index (χ0v) is 11.1. The van der Waals surface area contributed by atoms with Gasteiger partial charge in [0.2, 0.25) is 5.91 Å². The van der Waals surface area contributed by atoms with E-state index in [1.54, 1.807) is 13.8 Å². The summed E-state index contributed by atoms with van der Waals surface area (Å²) in [4.78, 5) is 25.2. The minimum absolute atomic E-state index is 0.132. The number of hydrogen-bond donors (Lipinski definition) is 2. The van der Waals surface area contributed by atoms with Gasteiger partial charge in [0.05, 0.1) is 5.92 Å². The average molecular weight is 254 g/mol. The van der Waals surface area contributed by atoms with Crippen molar-refractivity contribution in [3.8, 4) is 0 Å². The van der Waals surface area contributed by atoms with Crippen LogP contribution in [0, 0.1) is 11.8 Å². The van der Waals surface area contributed by atoms with Crippen molar-refractivity contribution in [2.75, 3.05) is 13.1 Å². The number of hydrogen-bond acceptors (Lipinski definition) is 3. The first-order valence-electron chi connectivity index (χ1n) is 6.76. The minimum Gasteiger partial charge on any atom is -0.481 e. The Bertz CT molecular complexity index is 341. The fourth-order valence-electron chi connectivity index (χ4n) is 2.45. The smallest absolute Gasteiger partial charge is 0.307 e. The summed E-state index contributed by atoms with van der Waals surface area (Å²) >= 11 is 0. The van der Waals surface area contributed by atoms with Crippen LogP contribution in [-0.2, 0) is 9.59 Å². The number of aliphatic carboxylic acids is 1. The van der Waals surface area contributed by atoms with E-state index >= 15 is 0 Å². The number of carbonyl (C=O) groups excluding carboxylic acids is 1. The highest BCUT2D eigenvalue weighted by molar-refractivity contribution is 5.84. The van der Waals surface area contributed by atoms with Crippen LogP contribution in [-0.4, -0.2) is 47.1 Å². The Kier molecular flexibility index (Phi) is 3.90. The van der Waals surface area contributed by atoms with E-state index in [-0.39, 0.29) is 11.9 Å². The number of nitrogens with one attached hydrogen (secondary N) is 1. The first-order valence-corrected chi connectivity index (χ1v) is 6.76. The van der Waals surface area contributed by atoms with Crippen molar-refractivity contribution in [2.45, 2.75) is 45.2 Å². The first kappa shape index (κ1) is 13.3. The van der Waals surface area contributed by atoms with Gasteiger partial charge in [-0.05, 0) is 19.3 Å². The third-order valence-electron chi connectivity index (χ3n) is 4.18. The Morgan fingerprint density at radius 2 is 1.89 bits per heavy atom. The maximum Gasteiger partial charge on any atom is 0.307 e. The molecule has 2 N–H and O–H groups in total. The molecule has 1 aliphatic carbocycles. The van der Waals surface area contributed by atoms with Crippen LogP contribution >= 0.6 is 0 Å². The van der Waals surface area contributed by atoms with E-state index in [4.69, 9.17) is 5.11 Å². The molecule has 0 bridgehead atoms. The number of rotatable bonds is 5. The SMILES string of the molecule is CC(C(=O)O)C(C)C(=O)NC1CCN(C2CC2)C1. The van der Waals surface area contributed by atoms with E-state index in [1.165, 1.54) is 12.8 Å². The van der Waals surface area contributed by atoms with Crippen LogP contribution in [0.15, 0.2) is 0 Å². The van der Waals surface area contributed by atoms with Gasteiger partial charge in [-0.3, -0.25) is 14.5 Å². The second kappa shape index (κ2) is 5.26. The van der Waals surface area contributed by atoms with E-state index in [0.717, 1.165) is 25.6 Å². The molecule has 5 nitrogen and oxygen atoms in total. The predicted octanol–water partition coefficient (Wildman–Crippen LogP) is 0.696. The largest absolute Gasteiger partial charge is 0.481 e. The standard InChI is InChI=1S/C13H22N2O3/c1-8(9(2)13(17)18)12(16)14-10-5-6-15(7-10)11-3-4-11/h8-11H,3-7H2,1-2H3,(H,14,16)(H,17,18). The van der Waals surface area contributed by atoms with Gasteiger partial charge in [0.25, 0.3) is 0 Å². The van der Waals surface area contributed by atoms with E-state index in [1.807, 2.05) is 0 Å². The maximum absolute atomic E-state index is 11.9. The summed E-state index contributed by atoms with van der Waals surface area (Å²) in [5.74, 6) is -2.15. The van der Waals surface area contributed by atoms with Gasteiger partial charge in [0.15, 0.2) is 0 Å². The zero-order valence-electron chi connectivity index (χ0n) is 11.1. The summed E-state index contributed by atoms with van der Waals surface area (Å²) in [7, 11) is 0. The van der Waals surface area contributed by atoms with Gasteiger partial charge in [0, 0.05) is 31.1 Å². The van der Waals surface area contributed by atoms with Crippen molar-refractivity contribution in [1.82, 2.24) is 10.2 Å². The summed E-state index contributed by atoms with van der Waals surface area (Å²) in [5.41, 5.74) is 0. The van der Waals surface area contributed by atoms with Crippen molar-refractivity contribution < 1.29 is 14.7 Å². The molecular weight excluding hydrogens is 232 g/mol. The predicted molar refractivity (Wildman–Crippen MR) is 67.1 cm³/mol. The second-order valence-electron chi connectivity index (χ2n) is 5.64. The number of amides is 1. The fourth-order valence-corrected chi connectivity index (χ4v) is 2.45. The van der Waals surface area contributed by atoms with Crippen LogP contribution in [0.5, 0.6) is 0 Å². The number of carbonyl (C=O) groups is 2. The van der Waals surface area contributed by atoms with Crippen molar-refractivity contribution in [3.05, 3.63) is 0 Å². The van der Waals surface area contributed by atoms with Gasteiger partial charge in [0.1, 0.15) is 0 Å². The monoisotopic (exact) mass is 254 g/mol. The summed E-state index contributed by atoms with van der Waals surface area (Å²) in [6, 6.07) is 0.934. The summed E-state index contributed by atoms with van der Waals surface area (Å²) < 4.78 is 0. The Hall–Kier alpha value is -1.10. The summed E-state index contributed by atoms with van der Waals surface area (Å²) in [6.07, 6.45) is 3.55. The lowest BCUT2D eigenvalue weighted by Gasteiger charge is -2.20. The Morgan fingerprint density at radius 3 is 2.44 bits per heavy atom. The molecular formula is C13H22N2O3. The van der Waals surface area contributed by atoms with Gasteiger partial charge in [-0.2, -0.15) is 0 Å². The molecule has 2 fully saturated rings. The number of carboxylic acid groups (broad SMARTS) is 1. The topological polar surface area (TPSA) is 69.6 Å². The van der Waals surface area contributed by atoms with Crippen LogP contribution in [0.1, 0.15) is 33.1 Å². The highest BCUT2D eigenvalue weighted by Gasteiger charge is 2.35.